The van der Waals surface area contributed by atoms with E-state index in [2.05, 4.69) is 40.0 Å². The zero-order valence-electron chi connectivity index (χ0n) is 21.2. The Labute approximate surface area is 212 Å². The zero-order valence-corrected chi connectivity index (χ0v) is 22.2. The molecule has 0 aliphatic carbocycles. The number of aromatic amines is 1. The average Bonchev–Trinajstić information content (AvgIpc) is 3.43. The number of hydrogen-bond acceptors (Lipinski definition) is 6. The van der Waals surface area contributed by atoms with Crippen LogP contribution in [0.15, 0.2) is 60.0 Å². The van der Waals surface area contributed by atoms with Gasteiger partial charge < -0.3 is 20.5 Å². The van der Waals surface area contributed by atoms with Gasteiger partial charge in [-0.05, 0) is 42.9 Å². The fourth-order valence-corrected chi connectivity index (χ4v) is 4.72. The third-order valence-electron chi connectivity index (χ3n) is 5.98. The number of nitrogens with zero attached hydrogens (tertiary/aromatic N) is 3. The van der Waals surface area contributed by atoms with Crippen LogP contribution in [0.25, 0.3) is 10.9 Å². The minimum atomic E-state index is -1.12. The Morgan fingerprint density at radius 1 is 1.31 bits per heavy atom. The molecule has 36 heavy (non-hydrogen) atoms. The average molecular weight is 508 g/mol. The highest BCUT2D eigenvalue weighted by Crippen LogP contribution is 2.23. The lowest BCUT2D eigenvalue weighted by Crippen LogP contribution is -2.45. The molecule has 0 unspecified atom stereocenters. The number of amides is 1. The topological polar surface area (TPSA) is 118 Å². The number of carbonyl (C=O) groups is 1. The van der Waals surface area contributed by atoms with E-state index in [0.717, 1.165) is 28.9 Å². The molecule has 1 aromatic carbocycles. The SMILES string of the molecule is C[Si](C)(C)CCOC/N=C(/C=C\N)c1ccc(Oc2ccc3c(c[nH][n+]3C[C@@H]3CCC(=O)N3)c2)nc1. The molecule has 1 atom stereocenters. The molecule has 2 aromatic heterocycles. The predicted octanol–water partition coefficient (Wildman–Crippen LogP) is 3.50. The van der Waals surface area contributed by atoms with Crippen molar-refractivity contribution in [3.05, 3.63) is 60.6 Å². The lowest BCUT2D eigenvalue weighted by molar-refractivity contribution is -0.728. The van der Waals surface area contributed by atoms with Crippen molar-refractivity contribution in [2.45, 2.75) is 51.1 Å². The van der Waals surface area contributed by atoms with E-state index in [4.69, 9.17) is 15.2 Å². The lowest BCUT2D eigenvalue weighted by Gasteiger charge is -2.14. The summed E-state index contributed by atoms with van der Waals surface area (Å²) >= 11 is 0. The second-order valence-electron chi connectivity index (χ2n) is 10.1. The highest BCUT2D eigenvalue weighted by molar-refractivity contribution is 6.76. The number of rotatable bonds is 11. The largest absolute Gasteiger partial charge is 0.439 e. The number of H-pyrrole nitrogens is 1. The van der Waals surface area contributed by atoms with Gasteiger partial charge in [0.05, 0.1) is 23.3 Å². The number of aliphatic imine (C=N–C) groups is 1. The van der Waals surface area contributed by atoms with Crippen molar-refractivity contribution in [2.75, 3.05) is 13.3 Å². The Morgan fingerprint density at radius 3 is 2.86 bits per heavy atom. The minimum absolute atomic E-state index is 0.119. The van der Waals surface area contributed by atoms with E-state index in [0.29, 0.717) is 36.9 Å². The third kappa shape index (κ3) is 7.02. The summed E-state index contributed by atoms with van der Waals surface area (Å²) in [5, 5.41) is 7.29. The first-order valence-corrected chi connectivity index (χ1v) is 16.0. The number of carbonyl (C=O) groups excluding carboxylic acids is 1. The first kappa shape index (κ1) is 25.6. The minimum Gasteiger partial charge on any atom is -0.439 e. The Bertz CT molecular complexity index is 1250. The van der Waals surface area contributed by atoms with Gasteiger partial charge in [-0.1, -0.05) is 19.6 Å². The van der Waals surface area contributed by atoms with Crippen LogP contribution in [-0.4, -0.2) is 49.2 Å². The van der Waals surface area contributed by atoms with E-state index in [1.54, 1.807) is 12.3 Å². The van der Waals surface area contributed by atoms with Gasteiger partial charge >= 0.3 is 0 Å². The van der Waals surface area contributed by atoms with Gasteiger partial charge in [-0.2, -0.15) is 5.10 Å². The number of allylic oxidation sites excluding steroid dienone is 1. The molecule has 0 radical (unpaired) electrons. The predicted molar refractivity (Wildman–Crippen MR) is 143 cm³/mol. The molecule has 0 saturated carbocycles. The number of ether oxygens (including phenoxy) is 2. The van der Waals surface area contributed by atoms with Gasteiger partial charge in [-0.15, -0.1) is 4.68 Å². The summed E-state index contributed by atoms with van der Waals surface area (Å²) in [5.74, 6) is 1.29. The van der Waals surface area contributed by atoms with Crippen LogP contribution < -0.4 is 20.5 Å². The quantitative estimate of drug-likeness (QED) is 0.159. The number of nitrogens with one attached hydrogen (secondary N) is 2. The molecule has 0 bridgehead atoms. The van der Waals surface area contributed by atoms with Gasteiger partial charge in [0.1, 0.15) is 12.5 Å². The van der Waals surface area contributed by atoms with Gasteiger partial charge in [0.25, 0.3) is 0 Å². The van der Waals surface area contributed by atoms with Crippen LogP contribution in [0.3, 0.4) is 0 Å². The Hall–Kier alpha value is -3.50. The standard InChI is InChI=1S/C26H34N6O3Si/c1-36(2,3)13-12-34-18-29-23(10-11-27)19-4-9-26(28-15-19)35-22-6-7-24-20(14-22)16-30-32(24)17-21-5-8-25(33)31-21/h4,6-7,9-11,14-16,21H,5,8,12-13,17-18H2,1-3H3,(H3,27,29,31,33)/p+1/t21-/m0/s1. The fraction of sp³-hybridized carbons (Fsp3) is 0.385. The summed E-state index contributed by atoms with van der Waals surface area (Å²) in [6.45, 7) is 8.68. The Kier molecular flexibility index (Phi) is 8.16. The molecule has 190 valence electrons. The van der Waals surface area contributed by atoms with Gasteiger partial charge in [0.15, 0.2) is 6.54 Å². The highest BCUT2D eigenvalue weighted by atomic mass is 28.3. The van der Waals surface area contributed by atoms with Crippen LogP contribution in [0.1, 0.15) is 18.4 Å². The number of nitrogens with two attached hydrogens (primary N) is 1. The fourth-order valence-electron chi connectivity index (χ4n) is 3.96. The summed E-state index contributed by atoms with van der Waals surface area (Å²) in [7, 11) is -1.12. The molecule has 1 amide bonds. The number of hydrogen-bond donors (Lipinski definition) is 3. The van der Waals surface area contributed by atoms with E-state index >= 15 is 0 Å². The normalized spacial score (nSPS) is 16.7. The first-order chi connectivity index (χ1) is 17.3. The molecule has 3 aromatic rings. The molecule has 1 aliphatic rings. The highest BCUT2D eigenvalue weighted by Gasteiger charge is 2.26. The summed E-state index contributed by atoms with van der Waals surface area (Å²) in [4.78, 5) is 20.5. The lowest BCUT2D eigenvalue weighted by atomic mass is 10.2. The van der Waals surface area contributed by atoms with Crippen LogP contribution in [0.5, 0.6) is 11.6 Å². The molecular formula is C26H35N6O3Si+. The molecule has 3 heterocycles. The van der Waals surface area contributed by atoms with Gasteiger partial charge in [0, 0.05) is 45.0 Å². The second-order valence-corrected chi connectivity index (χ2v) is 15.8. The van der Waals surface area contributed by atoms with Crippen LogP contribution in [-0.2, 0) is 16.1 Å². The van der Waals surface area contributed by atoms with E-state index in [-0.39, 0.29) is 18.7 Å². The Balaban J connectivity index is 1.38. The van der Waals surface area contributed by atoms with Crippen molar-refractivity contribution >= 4 is 30.6 Å². The maximum Gasteiger partial charge on any atom is 0.238 e. The number of aromatic nitrogens is 3. The van der Waals surface area contributed by atoms with Crippen LogP contribution in [0, 0.1) is 0 Å². The summed E-state index contributed by atoms with van der Waals surface area (Å²) in [5.41, 5.74) is 8.21. The van der Waals surface area contributed by atoms with Crippen molar-refractivity contribution in [1.29, 1.82) is 0 Å². The molecule has 4 N–H and O–H groups in total. The van der Waals surface area contributed by atoms with Crippen molar-refractivity contribution < 1.29 is 19.0 Å². The molecule has 1 aliphatic heterocycles. The van der Waals surface area contributed by atoms with E-state index < -0.39 is 8.07 Å². The summed E-state index contributed by atoms with van der Waals surface area (Å²) < 4.78 is 13.7. The van der Waals surface area contributed by atoms with Crippen molar-refractivity contribution in [3.8, 4) is 11.6 Å². The second kappa shape index (κ2) is 11.5. The molecular weight excluding hydrogens is 472 g/mol. The maximum atomic E-state index is 11.5. The molecule has 0 spiro atoms. The van der Waals surface area contributed by atoms with Gasteiger partial charge in [0.2, 0.25) is 17.3 Å². The third-order valence-corrected chi connectivity index (χ3v) is 7.69. The number of pyridine rings is 1. The van der Waals surface area contributed by atoms with E-state index in [1.165, 1.54) is 6.20 Å². The summed E-state index contributed by atoms with van der Waals surface area (Å²) in [6.07, 6.45) is 8.30. The van der Waals surface area contributed by atoms with Crippen molar-refractivity contribution in [1.82, 2.24) is 15.4 Å². The molecule has 1 saturated heterocycles. The van der Waals surface area contributed by atoms with E-state index in [9.17, 15) is 4.79 Å². The molecule has 1 fully saturated rings. The van der Waals surface area contributed by atoms with E-state index in [1.807, 2.05) is 41.2 Å². The molecule has 9 nitrogen and oxygen atoms in total. The van der Waals surface area contributed by atoms with Gasteiger partial charge in [-0.3, -0.25) is 9.79 Å². The van der Waals surface area contributed by atoms with Crippen LogP contribution >= 0.6 is 0 Å². The van der Waals surface area contributed by atoms with Crippen LogP contribution in [0.4, 0.5) is 0 Å². The molecule has 10 heteroatoms. The summed E-state index contributed by atoms with van der Waals surface area (Å²) in [6, 6.07) is 10.9. The van der Waals surface area contributed by atoms with Crippen molar-refractivity contribution in [3.63, 3.8) is 0 Å². The zero-order chi connectivity index (χ0) is 25.5. The van der Waals surface area contributed by atoms with Crippen molar-refractivity contribution in [2.24, 2.45) is 10.7 Å². The maximum absolute atomic E-state index is 11.5. The first-order valence-electron chi connectivity index (χ1n) is 12.3. The molecule has 4 rings (SSSR count). The van der Waals surface area contributed by atoms with Crippen LogP contribution in [0.2, 0.25) is 25.7 Å². The van der Waals surface area contributed by atoms with Gasteiger partial charge in [-0.25, -0.2) is 4.98 Å². The smallest absolute Gasteiger partial charge is 0.238 e. The number of benzene rings is 1. The number of fused-ring (bicyclic) bond motifs is 1. The Morgan fingerprint density at radius 2 is 2.17 bits per heavy atom. The monoisotopic (exact) mass is 507 g/mol.